The van der Waals surface area contributed by atoms with Crippen molar-refractivity contribution in [3.8, 4) is 0 Å². The Morgan fingerprint density at radius 2 is 2.00 bits per heavy atom. The number of hydrogen-bond acceptors (Lipinski definition) is 2. The standard InChI is InChI=1S/C18H23NO/c1-3-19-18(17-11-8-13(2)20-17)16-10-9-14-6-4-5-7-15(14)12-16/h4-8,11,16,18-19H,3,9-10,12H2,1-2H3. The Balaban J connectivity index is 1.83. The molecule has 1 aromatic carbocycles. The van der Waals surface area contributed by atoms with Gasteiger partial charge in [0, 0.05) is 0 Å². The number of rotatable bonds is 4. The molecule has 0 saturated carbocycles. The van der Waals surface area contributed by atoms with Gasteiger partial charge in [-0.15, -0.1) is 0 Å². The summed E-state index contributed by atoms with van der Waals surface area (Å²) in [5.74, 6) is 2.71. The fourth-order valence-electron chi connectivity index (χ4n) is 3.35. The van der Waals surface area contributed by atoms with E-state index in [-0.39, 0.29) is 0 Å². The lowest BCUT2D eigenvalue weighted by Crippen LogP contribution is -2.31. The molecular formula is C18H23NO. The molecule has 0 amide bonds. The number of hydrogen-bond donors (Lipinski definition) is 1. The highest BCUT2D eigenvalue weighted by atomic mass is 16.3. The molecule has 1 aromatic heterocycles. The van der Waals surface area contributed by atoms with E-state index in [2.05, 4.69) is 48.6 Å². The zero-order valence-electron chi connectivity index (χ0n) is 12.4. The van der Waals surface area contributed by atoms with E-state index in [0.717, 1.165) is 24.5 Å². The highest BCUT2D eigenvalue weighted by Crippen LogP contribution is 2.34. The summed E-state index contributed by atoms with van der Waals surface area (Å²) >= 11 is 0. The molecule has 106 valence electrons. The molecule has 0 spiro atoms. The summed E-state index contributed by atoms with van der Waals surface area (Å²) < 4.78 is 5.88. The smallest absolute Gasteiger partial charge is 0.121 e. The largest absolute Gasteiger partial charge is 0.465 e. The number of nitrogens with one attached hydrogen (secondary N) is 1. The maximum Gasteiger partial charge on any atom is 0.121 e. The SMILES string of the molecule is CCNC(c1ccc(C)o1)C1CCc2ccccc2C1. The number of fused-ring (bicyclic) bond motifs is 1. The van der Waals surface area contributed by atoms with Crippen LogP contribution in [0.2, 0.25) is 0 Å². The molecule has 2 unspecified atom stereocenters. The lowest BCUT2D eigenvalue weighted by molar-refractivity contribution is 0.284. The molecule has 1 heterocycles. The molecule has 2 aromatic rings. The Morgan fingerprint density at radius 3 is 2.70 bits per heavy atom. The number of aryl methyl sites for hydroxylation is 2. The Morgan fingerprint density at radius 1 is 1.20 bits per heavy atom. The molecule has 2 heteroatoms. The molecule has 1 aliphatic rings. The molecule has 20 heavy (non-hydrogen) atoms. The predicted octanol–water partition coefficient (Wildman–Crippen LogP) is 4.04. The highest BCUT2D eigenvalue weighted by molar-refractivity contribution is 5.30. The normalized spacial score (nSPS) is 19.6. The fourth-order valence-corrected chi connectivity index (χ4v) is 3.35. The summed E-state index contributed by atoms with van der Waals surface area (Å²) in [6.45, 7) is 5.16. The summed E-state index contributed by atoms with van der Waals surface area (Å²) in [6, 6.07) is 13.4. The van der Waals surface area contributed by atoms with Crippen LogP contribution in [0.25, 0.3) is 0 Å². The van der Waals surface area contributed by atoms with Gasteiger partial charge in [-0.05, 0) is 61.9 Å². The van der Waals surface area contributed by atoms with Crippen molar-refractivity contribution in [1.82, 2.24) is 5.32 Å². The van der Waals surface area contributed by atoms with Crippen molar-refractivity contribution in [1.29, 1.82) is 0 Å². The average Bonchev–Trinajstić information content (AvgIpc) is 2.90. The van der Waals surface area contributed by atoms with Gasteiger partial charge in [0.25, 0.3) is 0 Å². The minimum Gasteiger partial charge on any atom is -0.465 e. The predicted molar refractivity (Wildman–Crippen MR) is 81.8 cm³/mol. The van der Waals surface area contributed by atoms with Crippen LogP contribution in [0.4, 0.5) is 0 Å². The second kappa shape index (κ2) is 5.84. The first-order valence-corrected chi connectivity index (χ1v) is 7.64. The van der Waals surface area contributed by atoms with Crippen LogP contribution in [0.5, 0.6) is 0 Å². The first-order chi connectivity index (χ1) is 9.78. The molecule has 1 aliphatic carbocycles. The highest BCUT2D eigenvalue weighted by Gasteiger charge is 2.28. The average molecular weight is 269 g/mol. The third-order valence-electron chi connectivity index (χ3n) is 4.35. The van der Waals surface area contributed by atoms with Gasteiger partial charge in [-0.2, -0.15) is 0 Å². The van der Waals surface area contributed by atoms with Crippen molar-refractivity contribution in [3.63, 3.8) is 0 Å². The Kier molecular flexibility index (Phi) is 3.93. The zero-order chi connectivity index (χ0) is 13.9. The molecule has 0 fully saturated rings. The lowest BCUT2D eigenvalue weighted by atomic mass is 9.79. The second-order valence-electron chi connectivity index (χ2n) is 5.76. The van der Waals surface area contributed by atoms with Gasteiger partial charge in [-0.1, -0.05) is 31.2 Å². The van der Waals surface area contributed by atoms with Gasteiger partial charge >= 0.3 is 0 Å². The van der Waals surface area contributed by atoms with Crippen LogP contribution in [0.15, 0.2) is 40.8 Å². The Bertz CT molecular complexity index is 572. The molecule has 2 atom stereocenters. The summed E-state index contributed by atoms with van der Waals surface area (Å²) in [5, 5.41) is 3.62. The Labute approximate surface area is 121 Å². The van der Waals surface area contributed by atoms with Gasteiger partial charge < -0.3 is 9.73 Å². The minimum atomic E-state index is 0.335. The van der Waals surface area contributed by atoms with Crippen LogP contribution in [0.3, 0.4) is 0 Å². The molecule has 0 radical (unpaired) electrons. The van der Waals surface area contributed by atoms with Crippen LogP contribution in [-0.4, -0.2) is 6.54 Å². The van der Waals surface area contributed by atoms with Crippen LogP contribution in [0, 0.1) is 12.8 Å². The van der Waals surface area contributed by atoms with Gasteiger partial charge in [0.15, 0.2) is 0 Å². The van der Waals surface area contributed by atoms with E-state index in [0.29, 0.717) is 12.0 Å². The molecule has 1 N–H and O–H groups in total. The van der Waals surface area contributed by atoms with Crippen molar-refractivity contribution in [2.75, 3.05) is 6.54 Å². The van der Waals surface area contributed by atoms with E-state index in [1.54, 1.807) is 0 Å². The maximum atomic E-state index is 5.88. The van der Waals surface area contributed by atoms with Gasteiger partial charge in [-0.3, -0.25) is 0 Å². The first kappa shape index (κ1) is 13.4. The van der Waals surface area contributed by atoms with Gasteiger partial charge in [0.2, 0.25) is 0 Å². The van der Waals surface area contributed by atoms with Crippen molar-refractivity contribution >= 4 is 0 Å². The summed E-state index contributed by atoms with van der Waals surface area (Å²) in [5.41, 5.74) is 3.03. The van der Waals surface area contributed by atoms with E-state index in [1.807, 2.05) is 6.92 Å². The molecule has 2 nitrogen and oxygen atoms in total. The molecule has 0 bridgehead atoms. The van der Waals surface area contributed by atoms with Crippen molar-refractivity contribution < 1.29 is 4.42 Å². The maximum absolute atomic E-state index is 5.88. The van der Waals surface area contributed by atoms with Crippen LogP contribution in [0.1, 0.15) is 42.0 Å². The molecular weight excluding hydrogens is 246 g/mol. The van der Waals surface area contributed by atoms with Gasteiger partial charge in [-0.25, -0.2) is 0 Å². The van der Waals surface area contributed by atoms with Crippen LogP contribution in [-0.2, 0) is 12.8 Å². The quantitative estimate of drug-likeness (QED) is 0.906. The monoisotopic (exact) mass is 269 g/mol. The fraction of sp³-hybridized carbons (Fsp3) is 0.444. The van der Waals surface area contributed by atoms with Gasteiger partial charge in [0.05, 0.1) is 6.04 Å². The van der Waals surface area contributed by atoms with Crippen molar-refractivity contribution in [3.05, 3.63) is 59.0 Å². The summed E-state index contributed by atoms with van der Waals surface area (Å²) in [4.78, 5) is 0. The number of furan rings is 1. The van der Waals surface area contributed by atoms with E-state index < -0.39 is 0 Å². The Hall–Kier alpha value is -1.54. The molecule has 0 aliphatic heterocycles. The van der Waals surface area contributed by atoms with Crippen LogP contribution < -0.4 is 5.32 Å². The van der Waals surface area contributed by atoms with Crippen LogP contribution >= 0.6 is 0 Å². The van der Waals surface area contributed by atoms with E-state index in [9.17, 15) is 0 Å². The topological polar surface area (TPSA) is 25.2 Å². The van der Waals surface area contributed by atoms with E-state index in [4.69, 9.17) is 4.42 Å². The molecule has 3 rings (SSSR count). The lowest BCUT2D eigenvalue weighted by Gasteiger charge is -2.31. The second-order valence-corrected chi connectivity index (χ2v) is 5.76. The van der Waals surface area contributed by atoms with Gasteiger partial charge in [0.1, 0.15) is 11.5 Å². The van der Waals surface area contributed by atoms with E-state index >= 15 is 0 Å². The van der Waals surface area contributed by atoms with E-state index in [1.165, 1.54) is 24.0 Å². The number of benzene rings is 1. The third kappa shape index (κ3) is 2.66. The van der Waals surface area contributed by atoms with Crippen molar-refractivity contribution in [2.24, 2.45) is 5.92 Å². The first-order valence-electron chi connectivity index (χ1n) is 7.64. The van der Waals surface area contributed by atoms with Crippen molar-refractivity contribution in [2.45, 2.75) is 39.2 Å². The molecule has 0 saturated heterocycles. The summed E-state index contributed by atoms with van der Waals surface area (Å²) in [7, 11) is 0. The minimum absolute atomic E-state index is 0.335. The summed E-state index contributed by atoms with van der Waals surface area (Å²) in [6.07, 6.45) is 3.56. The third-order valence-corrected chi connectivity index (χ3v) is 4.35. The zero-order valence-corrected chi connectivity index (χ0v) is 12.4.